The summed E-state index contributed by atoms with van der Waals surface area (Å²) in [7, 11) is 0. The van der Waals surface area contributed by atoms with Crippen LogP contribution in [0, 0.1) is 11.7 Å². The lowest BCUT2D eigenvalue weighted by Gasteiger charge is -2.24. The predicted octanol–water partition coefficient (Wildman–Crippen LogP) is 2.34. The Morgan fingerprint density at radius 1 is 1.40 bits per heavy atom. The van der Waals surface area contributed by atoms with Gasteiger partial charge in [-0.15, -0.1) is 0 Å². The first-order valence-electron chi connectivity index (χ1n) is 6.53. The van der Waals surface area contributed by atoms with Gasteiger partial charge < -0.3 is 10.4 Å². The Morgan fingerprint density at radius 3 is 2.75 bits per heavy atom. The van der Waals surface area contributed by atoms with Gasteiger partial charge in [0.05, 0.1) is 0 Å². The maximum atomic E-state index is 13.6. The number of carboxylic acid groups (broad SMARTS) is 1. The van der Waals surface area contributed by atoms with E-state index in [2.05, 4.69) is 5.32 Å². The molecule has 0 bridgehead atoms. The van der Waals surface area contributed by atoms with Gasteiger partial charge in [-0.1, -0.05) is 12.5 Å². The SMILES string of the molecule is O=C(O)C=Cc1ccc(F)c(CNC(=O)C2CCC2)c1. The summed E-state index contributed by atoms with van der Waals surface area (Å²) in [4.78, 5) is 22.1. The molecule has 1 aromatic rings. The summed E-state index contributed by atoms with van der Waals surface area (Å²) in [6, 6.07) is 4.30. The molecule has 0 heterocycles. The van der Waals surface area contributed by atoms with E-state index in [1.54, 1.807) is 0 Å². The van der Waals surface area contributed by atoms with E-state index in [-0.39, 0.29) is 18.4 Å². The van der Waals surface area contributed by atoms with Crippen molar-refractivity contribution in [3.63, 3.8) is 0 Å². The molecular weight excluding hydrogens is 261 g/mol. The smallest absolute Gasteiger partial charge is 0.328 e. The number of rotatable bonds is 5. The van der Waals surface area contributed by atoms with Crippen molar-refractivity contribution < 1.29 is 19.1 Å². The minimum absolute atomic E-state index is 0.0397. The van der Waals surface area contributed by atoms with Crippen LogP contribution in [0.4, 0.5) is 4.39 Å². The molecule has 0 saturated heterocycles. The Balaban J connectivity index is 2.00. The fraction of sp³-hybridized carbons (Fsp3) is 0.333. The summed E-state index contributed by atoms with van der Waals surface area (Å²) in [5.41, 5.74) is 0.937. The number of hydrogen-bond donors (Lipinski definition) is 2. The zero-order valence-electron chi connectivity index (χ0n) is 10.9. The van der Waals surface area contributed by atoms with Crippen LogP contribution in [0.15, 0.2) is 24.3 Å². The molecule has 0 aromatic heterocycles. The molecule has 0 unspecified atom stereocenters. The Morgan fingerprint density at radius 2 is 2.15 bits per heavy atom. The normalized spacial score (nSPS) is 15.1. The van der Waals surface area contributed by atoms with E-state index in [0.717, 1.165) is 25.3 Å². The highest BCUT2D eigenvalue weighted by Crippen LogP contribution is 2.26. The van der Waals surface area contributed by atoms with E-state index < -0.39 is 11.8 Å². The second-order valence-electron chi connectivity index (χ2n) is 4.87. The van der Waals surface area contributed by atoms with Gasteiger partial charge in [0.1, 0.15) is 5.82 Å². The number of amides is 1. The van der Waals surface area contributed by atoms with Gasteiger partial charge >= 0.3 is 5.97 Å². The summed E-state index contributed by atoms with van der Waals surface area (Å²) >= 11 is 0. The van der Waals surface area contributed by atoms with E-state index in [9.17, 15) is 14.0 Å². The summed E-state index contributed by atoms with van der Waals surface area (Å²) in [6.45, 7) is 0.121. The molecule has 1 aromatic carbocycles. The van der Waals surface area contributed by atoms with E-state index in [1.807, 2.05) is 0 Å². The van der Waals surface area contributed by atoms with Gasteiger partial charge in [0.25, 0.3) is 0 Å². The molecule has 1 fully saturated rings. The number of carbonyl (C=O) groups excluding carboxylic acids is 1. The lowest BCUT2D eigenvalue weighted by molar-refractivity contribution is -0.131. The third kappa shape index (κ3) is 3.66. The summed E-state index contributed by atoms with van der Waals surface area (Å²) in [5.74, 6) is -1.45. The van der Waals surface area contributed by atoms with Gasteiger partial charge in [-0.05, 0) is 36.6 Å². The Kier molecular flexibility index (Phi) is 4.50. The highest BCUT2D eigenvalue weighted by Gasteiger charge is 2.24. The molecule has 1 amide bonds. The zero-order valence-corrected chi connectivity index (χ0v) is 10.9. The lowest BCUT2D eigenvalue weighted by Crippen LogP contribution is -2.34. The van der Waals surface area contributed by atoms with E-state index in [0.29, 0.717) is 11.1 Å². The monoisotopic (exact) mass is 277 g/mol. The molecule has 0 spiro atoms. The van der Waals surface area contributed by atoms with Crippen LogP contribution in [0.25, 0.3) is 6.08 Å². The van der Waals surface area contributed by atoms with E-state index in [1.165, 1.54) is 24.3 Å². The van der Waals surface area contributed by atoms with Crippen molar-refractivity contribution in [1.82, 2.24) is 5.32 Å². The zero-order chi connectivity index (χ0) is 14.5. The largest absolute Gasteiger partial charge is 0.478 e. The Hall–Kier alpha value is -2.17. The van der Waals surface area contributed by atoms with Crippen molar-refractivity contribution in [2.45, 2.75) is 25.8 Å². The number of carboxylic acids is 1. The Labute approximate surface area is 116 Å². The maximum absolute atomic E-state index is 13.6. The van der Waals surface area contributed by atoms with Crippen LogP contribution in [0.1, 0.15) is 30.4 Å². The quantitative estimate of drug-likeness (QED) is 0.812. The van der Waals surface area contributed by atoms with Gasteiger partial charge in [0, 0.05) is 24.1 Å². The number of halogens is 1. The minimum atomic E-state index is -1.06. The average molecular weight is 277 g/mol. The molecule has 5 heteroatoms. The van der Waals surface area contributed by atoms with Crippen molar-refractivity contribution in [2.75, 3.05) is 0 Å². The molecule has 1 aliphatic carbocycles. The summed E-state index contributed by atoms with van der Waals surface area (Å²) < 4.78 is 13.6. The van der Waals surface area contributed by atoms with Gasteiger partial charge in [0.15, 0.2) is 0 Å². The van der Waals surface area contributed by atoms with Crippen molar-refractivity contribution in [2.24, 2.45) is 5.92 Å². The summed E-state index contributed by atoms with van der Waals surface area (Å²) in [5, 5.41) is 11.3. The van der Waals surface area contributed by atoms with Crippen molar-refractivity contribution >= 4 is 18.0 Å². The minimum Gasteiger partial charge on any atom is -0.478 e. The van der Waals surface area contributed by atoms with Gasteiger partial charge in [-0.3, -0.25) is 4.79 Å². The maximum Gasteiger partial charge on any atom is 0.328 e. The second kappa shape index (κ2) is 6.32. The van der Waals surface area contributed by atoms with Crippen LogP contribution < -0.4 is 5.32 Å². The molecule has 0 aliphatic heterocycles. The molecule has 1 saturated carbocycles. The van der Waals surface area contributed by atoms with E-state index >= 15 is 0 Å². The molecule has 4 nitrogen and oxygen atoms in total. The molecule has 106 valence electrons. The van der Waals surface area contributed by atoms with Crippen molar-refractivity contribution in [1.29, 1.82) is 0 Å². The third-order valence-electron chi connectivity index (χ3n) is 3.42. The van der Waals surface area contributed by atoms with E-state index in [4.69, 9.17) is 5.11 Å². The number of aliphatic carboxylic acids is 1. The van der Waals surface area contributed by atoms with Crippen molar-refractivity contribution in [3.8, 4) is 0 Å². The first kappa shape index (κ1) is 14.2. The third-order valence-corrected chi connectivity index (χ3v) is 3.42. The fourth-order valence-electron chi connectivity index (χ4n) is 2.00. The van der Waals surface area contributed by atoms with Gasteiger partial charge in [0.2, 0.25) is 5.91 Å². The fourth-order valence-corrected chi connectivity index (χ4v) is 2.00. The molecule has 0 atom stereocenters. The highest BCUT2D eigenvalue weighted by atomic mass is 19.1. The van der Waals surface area contributed by atoms with Crippen LogP contribution in [0.5, 0.6) is 0 Å². The predicted molar refractivity (Wildman–Crippen MR) is 72.3 cm³/mol. The highest BCUT2D eigenvalue weighted by molar-refractivity contribution is 5.85. The van der Waals surface area contributed by atoms with Gasteiger partial charge in [-0.25, -0.2) is 9.18 Å². The average Bonchev–Trinajstić information content (AvgIpc) is 2.34. The van der Waals surface area contributed by atoms with Crippen molar-refractivity contribution in [3.05, 3.63) is 41.2 Å². The summed E-state index contributed by atoms with van der Waals surface area (Å²) in [6.07, 6.45) is 5.25. The van der Waals surface area contributed by atoms with Crippen LogP contribution in [0.3, 0.4) is 0 Å². The number of nitrogens with one attached hydrogen (secondary N) is 1. The number of benzene rings is 1. The number of hydrogen-bond acceptors (Lipinski definition) is 2. The first-order valence-corrected chi connectivity index (χ1v) is 6.53. The number of carbonyl (C=O) groups is 2. The molecule has 1 aliphatic rings. The van der Waals surface area contributed by atoms with Crippen LogP contribution in [-0.4, -0.2) is 17.0 Å². The Bertz CT molecular complexity index is 550. The molecule has 2 N–H and O–H groups in total. The van der Waals surface area contributed by atoms with Crippen LogP contribution >= 0.6 is 0 Å². The van der Waals surface area contributed by atoms with Crippen LogP contribution in [0.2, 0.25) is 0 Å². The standard InChI is InChI=1S/C15H16FNO3/c16-13-6-4-10(5-7-14(18)19)8-12(13)9-17-15(20)11-2-1-3-11/h4-8,11H,1-3,9H2,(H,17,20)(H,18,19). The second-order valence-corrected chi connectivity index (χ2v) is 4.87. The topological polar surface area (TPSA) is 66.4 Å². The van der Waals surface area contributed by atoms with Crippen LogP contribution in [-0.2, 0) is 16.1 Å². The lowest BCUT2D eigenvalue weighted by atomic mass is 9.85. The van der Waals surface area contributed by atoms with Gasteiger partial charge in [-0.2, -0.15) is 0 Å². The molecular formula is C15H16FNO3. The first-order chi connectivity index (χ1) is 9.56. The molecule has 0 radical (unpaired) electrons. The molecule has 20 heavy (non-hydrogen) atoms. The molecule has 2 rings (SSSR count).